The second kappa shape index (κ2) is 4.59. The molecule has 5 nitrogen and oxygen atoms in total. The van der Waals surface area contributed by atoms with Gasteiger partial charge in [0.05, 0.1) is 24.6 Å². The Morgan fingerprint density at radius 1 is 1.25 bits per heavy atom. The predicted molar refractivity (Wildman–Crippen MR) is 63.0 cm³/mol. The van der Waals surface area contributed by atoms with Crippen LogP contribution in [-0.4, -0.2) is 36.3 Å². The van der Waals surface area contributed by atoms with Crippen LogP contribution in [0.25, 0.3) is 0 Å². The zero-order valence-corrected chi connectivity index (χ0v) is 9.15. The first kappa shape index (κ1) is 11.0. The standard InChI is InChI=1S/C11H17N3O2/c12-9-1-2-10(15)8(11(9)13)7-14-3-5-16-6-4-14/h1-2,15H,3-7,12-13H2. The number of phenolic OH excluding ortho intramolecular Hbond substituents is 1. The van der Waals surface area contributed by atoms with Crippen LogP contribution in [0.5, 0.6) is 5.75 Å². The van der Waals surface area contributed by atoms with Crippen molar-refractivity contribution in [3.8, 4) is 5.75 Å². The highest BCUT2D eigenvalue weighted by Gasteiger charge is 2.15. The molecule has 1 aliphatic heterocycles. The molecule has 1 aromatic carbocycles. The van der Waals surface area contributed by atoms with Crippen LogP contribution < -0.4 is 11.5 Å². The molecule has 0 aromatic heterocycles. The minimum Gasteiger partial charge on any atom is -0.508 e. The Hall–Kier alpha value is -1.46. The predicted octanol–water partition coefficient (Wildman–Crippen LogP) is 0.389. The second-order valence-corrected chi connectivity index (χ2v) is 3.95. The number of nitrogen functional groups attached to an aromatic ring is 2. The molecule has 0 atom stereocenters. The first-order valence-corrected chi connectivity index (χ1v) is 5.34. The SMILES string of the molecule is Nc1ccc(O)c(CN2CCOCC2)c1N. The van der Waals surface area contributed by atoms with Crippen molar-refractivity contribution in [2.75, 3.05) is 37.8 Å². The molecule has 0 bridgehead atoms. The Kier molecular flexibility index (Phi) is 3.17. The van der Waals surface area contributed by atoms with Crippen molar-refractivity contribution in [2.45, 2.75) is 6.54 Å². The van der Waals surface area contributed by atoms with Gasteiger partial charge in [-0.05, 0) is 12.1 Å². The first-order valence-electron chi connectivity index (χ1n) is 5.34. The summed E-state index contributed by atoms with van der Waals surface area (Å²) in [6, 6.07) is 3.20. The van der Waals surface area contributed by atoms with Crippen molar-refractivity contribution < 1.29 is 9.84 Å². The average Bonchev–Trinajstić information content (AvgIpc) is 2.31. The summed E-state index contributed by atoms with van der Waals surface area (Å²) in [5.41, 5.74) is 13.3. The molecular formula is C11H17N3O2. The molecule has 0 spiro atoms. The van der Waals surface area contributed by atoms with Gasteiger partial charge >= 0.3 is 0 Å². The van der Waals surface area contributed by atoms with Crippen molar-refractivity contribution >= 4 is 11.4 Å². The quantitative estimate of drug-likeness (QED) is 0.499. The first-order chi connectivity index (χ1) is 7.68. The molecule has 16 heavy (non-hydrogen) atoms. The zero-order chi connectivity index (χ0) is 11.5. The van der Waals surface area contributed by atoms with Gasteiger partial charge < -0.3 is 21.3 Å². The molecule has 0 saturated carbocycles. The molecule has 2 rings (SSSR count). The number of hydrogen-bond donors (Lipinski definition) is 3. The van der Waals surface area contributed by atoms with Gasteiger partial charge in [0, 0.05) is 25.2 Å². The highest BCUT2D eigenvalue weighted by Crippen LogP contribution is 2.29. The highest BCUT2D eigenvalue weighted by molar-refractivity contribution is 5.70. The summed E-state index contributed by atoms with van der Waals surface area (Å²) in [5.74, 6) is 0.207. The van der Waals surface area contributed by atoms with Gasteiger partial charge in [0.25, 0.3) is 0 Å². The summed E-state index contributed by atoms with van der Waals surface area (Å²) in [5, 5.41) is 9.75. The van der Waals surface area contributed by atoms with Crippen LogP contribution in [0.3, 0.4) is 0 Å². The van der Waals surface area contributed by atoms with E-state index in [-0.39, 0.29) is 5.75 Å². The molecule has 0 aliphatic carbocycles. The van der Waals surface area contributed by atoms with Crippen LogP contribution in [0.4, 0.5) is 11.4 Å². The monoisotopic (exact) mass is 223 g/mol. The fraction of sp³-hybridized carbons (Fsp3) is 0.455. The Bertz CT molecular complexity index is 376. The van der Waals surface area contributed by atoms with E-state index in [1.165, 1.54) is 0 Å². The fourth-order valence-electron chi connectivity index (χ4n) is 1.82. The smallest absolute Gasteiger partial charge is 0.122 e. The van der Waals surface area contributed by atoms with Gasteiger partial charge in [0.2, 0.25) is 0 Å². The molecule has 1 fully saturated rings. The Balaban J connectivity index is 2.16. The van der Waals surface area contributed by atoms with E-state index in [1.54, 1.807) is 12.1 Å². The van der Waals surface area contributed by atoms with Crippen molar-refractivity contribution in [1.82, 2.24) is 4.90 Å². The number of benzene rings is 1. The number of ether oxygens (including phenoxy) is 1. The summed E-state index contributed by atoms with van der Waals surface area (Å²) in [6.45, 7) is 3.78. The van der Waals surface area contributed by atoms with Crippen molar-refractivity contribution in [1.29, 1.82) is 0 Å². The number of anilines is 2. The molecule has 1 aliphatic rings. The molecule has 5 heteroatoms. The van der Waals surface area contributed by atoms with Crippen LogP contribution in [-0.2, 0) is 11.3 Å². The maximum Gasteiger partial charge on any atom is 0.122 e. The Morgan fingerprint density at radius 2 is 1.94 bits per heavy atom. The Labute approximate surface area is 94.6 Å². The summed E-state index contributed by atoms with van der Waals surface area (Å²) >= 11 is 0. The van der Waals surface area contributed by atoms with E-state index in [1.807, 2.05) is 0 Å². The average molecular weight is 223 g/mol. The van der Waals surface area contributed by atoms with Crippen molar-refractivity contribution in [3.63, 3.8) is 0 Å². The number of nitrogens with zero attached hydrogens (tertiary/aromatic N) is 1. The van der Waals surface area contributed by atoms with Gasteiger partial charge in [0.1, 0.15) is 5.75 Å². The molecule has 0 unspecified atom stereocenters. The summed E-state index contributed by atoms with van der Waals surface area (Å²) in [7, 11) is 0. The third-order valence-corrected chi connectivity index (χ3v) is 2.85. The molecular weight excluding hydrogens is 206 g/mol. The number of hydrogen-bond acceptors (Lipinski definition) is 5. The number of aromatic hydroxyl groups is 1. The van der Waals surface area contributed by atoms with Gasteiger partial charge in [-0.3, -0.25) is 4.90 Å². The lowest BCUT2D eigenvalue weighted by atomic mass is 10.1. The maximum absolute atomic E-state index is 9.75. The third-order valence-electron chi connectivity index (χ3n) is 2.85. The molecule has 1 aromatic rings. The Morgan fingerprint density at radius 3 is 2.62 bits per heavy atom. The van der Waals surface area contributed by atoms with Gasteiger partial charge in [-0.15, -0.1) is 0 Å². The highest BCUT2D eigenvalue weighted by atomic mass is 16.5. The second-order valence-electron chi connectivity index (χ2n) is 3.95. The fourth-order valence-corrected chi connectivity index (χ4v) is 1.82. The van der Waals surface area contributed by atoms with E-state index in [2.05, 4.69) is 4.90 Å². The van der Waals surface area contributed by atoms with Crippen LogP contribution in [0.15, 0.2) is 12.1 Å². The lowest BCUT2D eigenvalue weighted by Crippen LogP contribution is -2.35. The van der Waals surface area contributed by atoms with E-state index in [0.29, 0.717) is 23.5 Å². The molecule has 0 amide bonds. The maximum atomic E-state index is 9.75. The molecule has 0 radical (unpaired) electrons. The third kappa shape index (κ3) is 2.20. The zero-order valence-electron chi connectivity index (χ0n) is 9.15. The molecule has 1 heterocycles. The van der Waals surface area contributed by atoms with E-state index in [4.69, 9.17) is 16.2 Å². The summed E-state index contributed by atoms with van der Waals surface area (Å²) in [4.78, 5) is 2.19. The van der Waals surface area contributed by atoms with E-state index >= 15 is 0 Å². The lowest BCUT2D eigenvalue weighted by molar-refractivity contribution is 0.0340. The molecule has 5 N–H and O–H groups in total. The van der Waals surface area contributed by atoms with Gasteiger partial charge in [-0.2, -0.15) is 0 Å². The minimum atomic E-state index is 0.207. The molecule has 1 saturated heterocycles. The number of morpholine rings is 1. The van der Waals surface area contributed by atoms with Crippen LogP contribution in [0, 0.1) is 0 Å². The summed E-state index contributed by atoms with van der Waals surface area (Å²) in [6.07, 6.45) is 0. The van der Waals surface area contributed by atoms with Gasteiger partial charge in [-0.25, -0.2) is 0 Å². The van der Waals surface area contributed by atoms with E-state index in [0.717, 1.165) is 26.3 Å². The van der Waals surface area contributed by atoms with Crippen molar-refractivity contribution in [2.24, 2.45) is 0 Å². The molecule has 88 valence electrons. The van der Waals surface area contributed by atoms with Crippen LogP contribution in [0.1, 0.15) is 5.56 Å². The van der Waals surface area contributed by atoms with E-state index in [9.17, 15) is 5.11 Å². The number of phenols is 1. The summed E-state index contributed by atoms with van der Waals surface area (Å²) < 4.78 is 5.26. The van der Waals surface area contributed by atoms with Crippen LogP contribution in [0.2, 0.25) is 0 Å². The van der Waals surface area contributed by atoms with Crippen molar-refractivity contribution in [3.05, 3.63) is 17.7 Å². The minimum absolute atomic E-state index is 0.207. The largest absolute Gasteiger partial charge is 0.508 e. The number of rotatable bonds is 2. The van der Waals surface area contributed by atoms with Crippen LogP contribution >= 0.6 is 0 Å². The lowest BCUT2D eigenvalue weighted by Gasteiger charge is -2.27. The van der Waals surface area contributed by atoms with Gasteiger partial charge in [-0.1, -0.05) is 0 Å². The van der Waals surface area contributed by atoms with E-state index < -0.39 is 0 Å². The topological polar surface area (TPSA) is 84.7 Å². The normalized spacial score (nSPS) is 17.5. The number of nitrogens with two attached hydrogens (primary N) is 2. The van der Waals surface area contributed by atoms with Gasteiger partial charge in [0.15, 0.2) is 0 Å².